The van der Waals surface area contributed by atoms with Crippen molar-refractivity contribution in [1.29, 1.82) is 0 Å². The minimum absolute atomic E-state index is 0.0237. The quantitative estimate of drug-likeness (QED) is 0.716. The van der Waals surface area contributed by atoms with Crippen molar-refractivity contribution >= 4 is 29.0 Å². The van der Waals surface area contributed by atoms with Crippen molar-refractivity contribution in [3.8, 4) is 0 Å². The number of benzene rings is 1. The molecule has 2 amide bonds. The highest BCUT2D eigenvalue weighted by atomic mass is 16.2. The van der Waals surface area contributed by atoms with Gasteiger partial charge in [0.25, 0.3) is 11.5 Å². The molecule has 0 radical (unpaired) electrons. The molecule has 160 valence electrons. The van der Waals surface area contributed by atoms with Gasteiger partial charge in [-0.1, -0.05) is 19.4 Å². The average molecular weight is 413 g/mol. The van der Waals surface area contributed by atoms with Crippen LogP contribution in [0.5, 0.6) is 0 Å². The van der Waals surface area contributed by atoms with Crippen LogP contribution < -0.4 is 26.8 Å². The molecule has 0 spiro atoms. The van der Waals surface area contributed by atoms with Crippen molar-refractivity contribution in [1.82, 2.24) is 9.55 Å². The van der Waals surface area contributed by atoms with Gasteiger partial charge >= 0.3 is 5.69 Å². The van der Waals surface area contributed by atoms with E-state index in [1.165, 1.54) is 9.47 Å². The molecule has 3 rings (SSSR count). The largest absolute Gasteiger partial charge is 0.383 e. The maximum absolute atomic E-state index is 13.3. The Morgan fingerprint density at radius 1 is 1.23 bits per heavy atom. The van der Waals surface area contributed by atoms with Crippen molar-refractivity contribution in [2.24, 2.45) is 0 Å². The molecule has 9 heteroatoms. The minimum Gasteiger partial charge on any atom is -0.383 e. The summed E-state index contributed by atoms with van der Waals surface area (Å²) >= 11 is 0. The number of nitrogens with zero attached hydrogens (tertiary/aromatic N) is 3. The maximum Gasteiger partial charge on any atom is 0.330 e. The zero-order valence-corrected chi connectivity index (χ0v) is 17.3. The molecule has 2 heterocycles. The third kappa shape index (κ3) is 4.00. The first-order valence-electron chi connectivity index (χ1n) is 10.2. The Kier molecular flexibility index (Phi) is 6.39. The van der Waals surface area contributed by atoms with Gasteiger partial charge in [-0.15, -0.1) is 0 Å². The molecule has 30 heavy (non-hydrogen) atoms. The van der Waals surface area contributed by atoms with E-state index in [0.29, 0.717) is 37.2 Å². The number of nitrogens with one attached hydrogen (secondary N) is 1. The highest BCUT2D eigenvalue weighted by Crippen LogP contribution is 2.25. The lowest BCUT2D eigenvalue weighted by atomic mass is 10.1. The number of carbonyl (C=O) groups excluding carboxylic acids is 2. The van der Waals surface area contributed by atoms with E-state index in [4.69, 9.17) is 5.73 Å². The van der Waals surface area contributed by atoms with Crippen molar-refractivity contribution < 1.29 is 9.59 Å². The number of H-pyrrole nitrogens is 1. The second-order valence-electron chi connectivity index (χ2n) is 7.25. The van der Waals surface area contributed by atoms with Crippen molar-refractivity contribution in [3.63, 3.8) is 0 Å². The van der Waals surface area contributed by atoms with Gasteiger partial charge in [0.2, 0.25) is 5.91 Å². The molecule has 1 aliphatic heterocycles. The topological polar surface area (TPSA) is 121 Å². The number of nitrogens with two attached hydrogens (primary N) is 1. The molecule has 1 aliphatic rings. The van der Waals surface area contributed by atoms with E-state index < -0.39 is 17.2 Å². The fourth-order valence-electron chi connectivity index (χ4n) is 3.66. The lowest BCUT2D eigenvalue weighted by Gasteiger charge is -2.24. The first-order chi connectivity index (χ1) is 14.4. The van der Waals surface area contributed by atoms with E-state index in [2.05, 4.69) is 4.98 Å². The highest BCUT2D eigenvalue weighted by Gasteiger charge is 2.26. The van der Waals surface area contributed by atoms with E-state index in [-0.39, 0.29) is 24.0 Å². The smallest absolute Gasteiger partial charge is 0.330 e. The van der Waals surface area contributed by atoms with Crippen LogP contribution in [0.2, 0.25) is 0 Å². The predicted molar refractivity (Wildman–Crippen MR) is 116 cm³/mol. The van der Waals surface area contributed by atoms with Crippen LogP contribution in [0.25, 0.3) is 0 Å². The summed E-state index contributed by atoms with van der Waals surface area (Å²) in [6.07, 6.45) is 2.83. The normalized spacial score (nSPS) is 13.7. The molecule has 0 unspecified atom stereocenters. The third-order valence-corrected chi connectivity index (χ3v) is 5.26. The van der Waals surface area contributed by atoms with Crippen molar-refractivity contribution in [2.45, 2.75) is 46.1 Å². The van der Waals surface area contributed by atoms with Gasteiger partial charge in [0.05, 0.1) is 0 Å². The summed E-state index contributed by atoms with van der Waals surface area (Å²) in [5, 5.41) is 0. The van der Waals surface area contributed by atoms with Gasteiger partial charge < -0.3 is 15.5 Å². The number of aromatic amines is 1. The summed E-state index contributed by atoms with van der Waals surface area (Å²) in [5.41, 5.74) is 5.81. The van der Waals surface area contributed by atoms with E-state index in [0.717, 1.165) is 12.8 Å². The Morgan fingerprint density at radius 2 is 2.00 bits per heavy atom. The van der Waals surface area contributed by atoms with Crippen LogP contribution in [-0.4, -0.2) is 34.5 Å². The molecule has 1 aromatic carbocycles. The maximum atomic E-state index is 13.3. The highest BCUT2D eigenvalue weighted by molar-refractivity contribution is 6.08. The van der Waals surface area contributed by atoms with E-state index >= 15 is 0 Å². The number of unbranched alkanes of at least 4 members (excludes halogenated alkanes) is 1. The zero-order chi connectivity index (χ0) is 21.8. The van der Waals surface area contributed by atoms with Crippen LogP contribution >= 0.6 is 0 Å². The number of anilines is 3. The number of rotatable bonds is 7. The summed E-state index contributed by atoms with van der Waals surface area (Å²) in [7, 11) is 0. The van der Waals surface area contributed by atoms with Crippen LogP contribution in [-0.2, 0) is 11.3 Å². The van der Waals surface area contributed by atoms with Gasteiger partial charge in [-0.05, 0) is 38.0 Å². The fourth-order valence-corrected chi connectivity index (χ4v) is 3.66. The number of hydrogen-bond donors (Lipinski definition) is 2. The van der Waals surface area contributed by atoms with Crippen LogP contribution in [0.3, 0.4) is 0 Å². The number of amides is 2. The SMILES string of the molecule is CCCCn1c(N)c(N(CC)C(=O)c2cccc(N3CCCC3=O)c2)c(=O)[nH]c1=O. The van der Waals surface area contributed by atoms with E-state index in [9.17, 15) is 19.2 Å². The van der Waals surface area contributed by atoms with Gasteiger partial charge in [-0.3, -0.25) is 23.9 Å². The summed E-state index contributed by atoms with van der Waals surface area (Å²) < 4.78 is 1.29. The molecule has 0 bridgehead atoms. The van der Waals surface area contributed by atoms with Gasteiger partial charge in [0, 0.05) is 37.3 Å². The van der Waals surface area contributed by atoms with Crippen molar-refractivity contribution in [3.05, 3.63) is 50.7 Å². The monoisotopic (exact) mass is 413 g/mol. The Balaban J connectivity index is 2.01. The molecule has 9 nitrogen and oxygen atoms in total. The Bertz CT molecular complexity index is 1070. The van der Waals surface area contributed by atoms with Crippen LogP contribution in [0.15, 0.2) is 33.9 Å². The molecule has 0 aliphatic carbocycles. The van der Waals surface area contributed by atoms with E-state index in [1.807, 2.05) is 6.92 Å². The average Bonchev–Trinajstić information content (AvgIpc) is 3.16. The standard InChI is InChI=1S/C21H27N5O4/c1-3-5-11-26-18(22)17(19(28)23-21(26)30)24(4-2)20(29)14-8-6-9-15(13-14)25-12-7-10-16(25)27/h6,8-9,13H,3-5,7,10-12,22H2,1-2H3,(H,23,28,30). The molecule has 0 saturated carbocycles. The molecule has 1 aromatic heterocycles. The van der Waals surface area contributed by atoms with Gasteiger partial charge in [-0.2, -0.15) is 0 Å². The first-order valence-corrected chi connectivity index (χ1v) is 10.2. The third-order valence-electron chi connectivity index (χ3n) is 5.26. The Labute approximate surface area is 174 Å². The van der Waals surface area contributed by atoms with Gasteiger partial charge in [0.15, 0.2) is 5.69 Å². The lowest BCUT2D eigenvalue weighted by molar-refractivity contribution is -0.117. The number of aromatic nitrogens is 2. The van der Waals surface area contributed by atoms with Crippen LogP contribution in [0, 0.1) is 0 Å². The fraction of sp³-hybridized carbons (Fsp3) is 0.429. The molecular formula is C21H27N5O4. The molecule has 0 atom stereocenters. The molecule has 2 aromatic rings. The Hall–Kier alpha value is -3.36. The lowest BCUT2D eigenvalue weighted by Crippen LogP contribution is -2.41. The predicted octanol–water partition coefficient (Wildman–Crippen LogP) is 1.71. The number of carbonyl (C=O) groups is 2. The Morgan fingerprint density at radius 3 is 2.63 bits per heavy atom. The minimum atomic E-state index is -0.702. The first kappa shape index (κ1) is 21.4. The molecule has 1 saturated heterocycles. The number of nitrogen functional groups attached to an aromatic ring is 1. The summed E-state index contributed by atoms with van der Waals surface area (Å²) in [4.78, 5) is 55.2. The molecular weight excluding hydrogens is 386 g/mol. The molecule has 1 fully saturated rings. The van der Waals surface area contributed by atoms with Gasteiger partial charge in [-0.25, -0.2) is 4.79 Å². The summed E-state index contributed by atoms with van der Waals surface area (Å²) in [5.74, 6) is -0.433. The summed E-state index contributed by atoms with van der Waals surface area (Å²) in [6.45, 7) is 4.86. The van der Waals surface area contributed by atoms with Crippen LogP contribution in [0.1, 0.15) is 49.9 Å². The zero-order valence-electron chi connectivity index (χ0n) is 17.3. The van der Waals surface area contributed by atoms with Gasteiger partial charge in [0.1, 0.15) is 5.82 Å². The summed E-state index contributed by atoms with van der Waals surface area (Å²) in [6, 6.07) is 6.76. The molecule has 3 N–H and O–H groups in total. The van der Waals surface area contributed by atoms with E-state index in [1.54, 1.807) is 36.1 Å². The second kappa shape index (κ2) is 8.98. The number of hydrogen-bond acceptors (Lipinski definition) is 5. The second-order valence-corrected chi connectivity index (χ2v) is 7.25. The van der Waals surface area contributed by atoms with Crippen molar-refractivity contribution in [2.75, 3.05) is 28.6 Å². The van der Waals surface area contributed by atoms with Crippen LogP contribution in [0.4, 0.5) is 17.2 Å².